The molecule has 0 bridgehead atoms. The highest BCUT2D eigenvalue weighted by Gasteiger charge is 2.46. The summed E-state index contributed by atoms with van der Waals surface area (Å²) in [5, 5.41) is 35.1. The molecule has 0 unspecified atom stereocenters. The Morgan fingerprint density at radius 3 is 2.33 bits per heavy atom. The minimum Gasteiger partial charge on any atom is -0.394 e. The first-order valence-corrected chi connectivity index (χ1v) is 3.52. The van der Waals surface area contributed by atoms with Crippen molar-refractivity contribution in [3.63, 3.8) is 0 Å². The standard InChI is InChI=1S/C6H11FO5/c7-3-4(10)5(2(9)1-8)12-6(3)11/h2-6,8-11H,1H2/t2-,3-,4-,5-,6+/m1/s1. The second-order valence-electron chi connectivity index (χ2n) is 2.68. The van der Waals surface area contributed by atoms with Crippen molar-refractivity contribution in [3.05, 3.63) is 0 Å². The molecule has 6 heteroatoms. The second kappa shape index (κ2) is 3.63. The van der Waals surface area contributed by atoms with E-state index in [1.807, 2.05) is 0 Å². The fourth-order valence-electron chi connectivity index (χ4n) is 1.09. The van der Waals surface area contributed by atoms with E-state index in [1.54, 1.807) is 0 Å². The molecule has 1 heterocycles. The predicted molar refractivity (Wildman–Crippen MR) is 34.9 cm³/mol. The highest BCUT2D eigenvalue weighted by atomic mass is 19.1. The van der Waals surface area contributed by atoms with Crippen LogP contribution in [-0.4, -0.2) is 57.8 Å². The maximum atomic E-state index is 12.6. The van der Waals surface area contributed by atoms with E-state index in [0.29, 0.717) is 0 Å². The molecule has 0 radical (unpaired) electrons. The van der Waals surface area contributed by atoms with Gasteiger partial charge in [0.2, 0.25) is 0 Å². The highest BCUT2D eigenvalue weighted by Crippen LogP contribution is 2.24. The van der Waals surface area contributed by atoms with Gasteiger partial charge in [-0.05, 0) is 0 Å². The Hall–Kier alpha value is -0.270. The lowest BCUT2D eigenvalue weighted by Crippen LogP contribution is -2.39. The molecule has 5 atom stereocenters. The summed E-state index contributed by atoms with van der Waals surface area (Å²) < 4.78 is 17.1. The van der Waals surface area contributed by atoms with Crippen molar-refractivity contribution in [2.24, 2.45) is 0 Å². The first-order chi connectivity index (χ1) is 5.57. The number of hydrogen-bond acceptors (Lipinski definition) is 5. The summed E-state index contributed by atoms with van der Waals surface area (Å²) in [6, 6.07) is 0. The number of rotatable bonds is 2. The molecule has 1 rings (SSSR count). The van der Waals surface area contributed by atoms with Crippen LogP contribution in [0.2, 0.25) is 0 Å². The lowest BCUT2D eigenvalue weighted by atomic mass is 10.1. The molecule has 1 aliphatic rings. The van der Waals surface area contributed by atoms with Gasteiger partial charge in [0, 0.05) is 0 Å². The van der Waals surface area contributed by atoms with Crippen LogP contribution >= 0.6 is 0 Å². The second-order valence-corrected chi connectivity index (χ2v) is 2.68. The summed E-state index contributed by atoms with van der Waals surface area (Å²) in [5.74, 6) is 0. The molecule has 1 fully saturated rings. The van der Waals surface area contributed by atoms with Gasteiger partial charge in [-0.15, -0.1) is 0 Å². The number of halogens is 1. The largest absolute Gasteiger partial charge is 0.394 e. The van der Waals surface area contributed by atoms with Gasteiger partial charge in [-0.1, -0.05) is 0 Å². The highest BCUT2D eigenvalue weighted by molar-refractivity contribution is 4.89. The van der Waals surface area contributed by atoms with E-state index in [4.69, 9.17) is 20.4 Å². The van der Waals surface area contributed by atoms with Crippen LogP contribution in [-0.2, 0) is 4.74 Å². The maximum absolute atomic E-state index is 12.6. The first kappa shape index (κ1) is 9.82. The maximum Gasteiger partial charge on any atom is 0.189 e. The summed E-state index contributed by atoms with van der Waals surface area (Å²) in [7, 11) is 0. The quantitative estimate of drug-likeness (QED) is 0.387. The lowest BCUT2D eigenvalue weighted by Gasteiger charge is -2.17. The molecule has 72 valence electrons. The van der Waals surface area contributed by atoms with E-state index in [0.717, 1.165) is 0 Å². The predicted octanol–water partition coefficient (Wildman–Crippen LogP) is -2.24. The van der Waals surface area contributed by atoms with E-state index in [1.165, 1.54) is 0 Å². The third kappa shape index (κ3) is 1.57. The Balaban J connectivity index is 2.58. The van der Waals surface area contributed by atoms with Gasteiger partial charge in [-0.3, -0.25) is 0 Å². The normalized spacial score (nSPS) is 44.8. The summed E-state index contributed by atoms with van der Waals surface area (Å²) in [4.78, 5) is 0. The zero-order valence-corrected chi connectivity index (χ0v) is 6.17. The Morgan fingerprint density at radius 1 is 1.42 bits per heavy atom. The van der Waals surface area contributed by atoms with Gasteiger partial charge in [0.05, 0.1) is 6.61 Å². The van der Waals surface area contributed by atoms with Crippen molar-refractivity contribution >= 4 is 0 Å². The van der Waals surface area contributed by atoms with Crippen molar-refractivity contribution in [1.82, 2.24) is 0 Å². The summed E-state index contributed by atoms with van der Waals surface area (Å²) in [6.45, 7) is -0.652. The molecule has 0 saturated carbocycles. The van der Waals surface area contributed by atoms with Crippen LogP contribution in [0, 0.1) is 0 Å². The molecule has 1 saturated heterocycles. The molecule has 5 nitrogen and oxygen atoms in total. The van der Waals surface area contributed by atoms with Crippen LogP contribution in [0.15, 0.2) is 0 Å². The van der Waals surface area contributed by atoms with Crippen molar-refractivity contribution in [3.8, 4) is 0 Å². The Labute approximate surface area is 68.0 Å². The van der Waals surface area contributed by atoms with Gasteiger partial charge in [-0.2, -0.15) is 0 Å². The molecule has 12 heavy (non-hydrogen) atoms. The van der Waals surface area contributed by atoms with Gasteiger partial charge in [0.25, 0.3) is 0 Å². The van der Waals surface area contributed by atoms with Gasteiger partial charge < -0.3 is 25.2 Å². The lowest BCUT2D eigenvalue weighted by molar-refractivity contribution is -0.143. The Kier molecular flexibility index (Phi) is 2.97. The average molecular weight is 182 g/mol. The Morgan fingerprint density at radius 2 is 2.00 bits per heavy atom. The van der Waals surface area contributed by atoms with Gasteiger partial charge in [-0.25, -0.2) is 4.39 Å². The number of hydrogen-bond donors (Lipinski definition) is 4. The Bertz CT molecular complexity index is 155. The van der Waals surface area contributed by atoms with Crippen LogP contribution in [0.25, 0.3) is 0 Å². The summed E-state index contributed by atoms with van der Waals surface area (Å²) >= 11 is 0. The average Bonchev–Trinajstić information content (AvgIpc) is 2.32. The third-order valence-corrected chi connectivity index (χ3v) is 1.80. The van der Waals surface area contributed by atoms with Crippen LogP contribution in [0.1, 0.15) is 0 Å². The van der Waals surface area contributed by atoms with Crippen LogP contribution in [0.3, 0.4) is 0 Å². The fourth-order valence-corrected chi connectivity index (χ4v) is 1.09. The molecule has 0 aromatic carbocycles. The van der Waals surface area contributed by atoms with Crippen molar-refractivity contribution < 1.29 is 29.6 Å². The third-order valence-electron chi connectivity index (χ3n) is 1.80. The molecule has 0 spiro atoms. The number of alkyl halides is 1. The zero-order chi connectivity index (χ0) is 9.30. The number of aliphatic hydroxyl groups excluding tert-OH is 4. The topological polar surface area (TPSA) is 90.2 Å². The summed E-state index contributed by atoms with van der Waals surface area (Å²) in [5.41, 5.74) is 0. The van der Waals surface area contributed by atoms with Gasteiger partial charge in [0.15, 0.2) is 12.5 Å². The molecule has 0 aliphatic carbocycles. The molecule has 0 amide bonds. The van der Waals surface area contributed by atoms with E-state index in [-0.39, 0.29) is 0 Å². The van der Waals surface area contributed by atoms with Crippen LogP contribution < -0.4 is 0 Å². The fraction of sp³-hybridized carbons (Fsp3) is 1.00. The van der Waals surface area contributed by atoms with Crippen LogP contribution in [0.4, 0.5) is 4.39 Å². The van der Waals surface area contributed by atoms with E-state index in [2.05, 4.69) is 4.74 Å². The SMILES string of the molecule is OC[C@@H](O)[C@H]1O[C@H](O)[C@H](F)[C@H]1O. The van der Waals surface area contributed by atoms with E-state index in [9.17, 15) is 4.39 Å². The van der Waals surface area contributed by atoms with E-state index >= 15 is 0 Å². The minimum atomic E-state index is -1.93. The number of ether oxygens (including phenoxy) is 1. The molecular formula is C6H11FO5. The minimum absolute atomic E-state index is 0.652. The van der Waals surface area contributed by atoms with Crippen LogP contribution in [0.5, 0.6) is 0 Å². The first-order valence-electron chi connectivity index (χ1n) is 3.52. The summed E-state index contributed by atoms with van der Waals surface area (Å²) in [6.07, 6.45) is -7.90. The molecule has 1 aliphatic heterocycles. The molecule has 4 N–H and O–H groups in total. The monoisotopic (exact) mass is 182 g/mol. The molecule has 0 aromatic heterocycles. The molecular weight excluding hydrogens is 171 g/mol. The zero-order valence-electron chi connectivity index (χ0n) is 6.17. The number of aliphatic hydroxyl groups is 4. The molecule has 0 aromatic rings. The van der Waals surface area contributed by atoms with E-state index < -0.39 is 37.4 Å². The van der Waals surface area contributed by atoms with Gasteiger partial charge >= 0.3 is 0 Å². The smallest absolute Gasteiger partial charge is 0.189 e. The van der Waals surface area contributed by atoms with Crippen molar-refractivity contribution in [2.75, 3.05) is 6.61 Å². The van der Waals surface area contributed by atoms with Crippen molar-refractivity contribution in [2.45, 2.75) is 30.8 Å². The van der Waals surface area contributed by atoms with Crippen molar-refractivity contribution in [1.29, 1.82) is 0 Å². The van der Waals surface area contributed by atoms with Gasteiger partial charge in [0.1, 0.15) is 18.3 Å².